The number of hydrogen-bond donors (Lipinski definition) is 1. The zero-order valence-electron chi connectivity index (χ0n) is 7.86. The molecule has 1 aliphatic heterocycles. The number of hydrogen-bond acceptors (Lipinski definition) is 3. The van der Waals surface area contributed by atoms with Crippen LogP contribution < -0.4 is 0 Å². The molecule has 4 heteroatoms. The van der Waals surface area contributed by atoms with E-state index in [0.717, 1.165) is 19.3 Å². The predicted molar refractivity (Wildman–Crippen MR) is 46.4 cm³/mol. The van der Waals surface area contributed by atoms with Crippen molar-refractivity contribution < 1.29 is 19.4 Å². The molecule has 1 heterocycles. The van der Waals surface area contributed by atoms with E-state index in [9.17, 15) is 4.79 Å². The minimum absolute atomic E-state index is 0.310. The first-order chi connectivity index (χ1) is 6.24. The summed E-state index contributed by atoms with van der Waals surface area (Å²) in [6, 6.07) is 0. The first-order valence-corrected chi connectivity index (χ1v) is 4.74. The summed E-state index contributed by atoms with van der Waals surface area (Å²) in [5.74, 6) is -0.906. The van der Waals surface area contributed by atoms with Gasteiger partial charge in [0.25, 0.3) is 0 Å². The maximum Gasteiger partial charge on any atom is 0.332 e. The van der Waals surface area contributed by atoms with Crippen LogP contribution in [0, 0.1) is 0 Å². The van der Waals surface area contributed by atoms with Gasteiger partial charge in [0.05, 0.1) is 0 Å². The highest BCUT2D eigenvalue weighted by Crippen LogP contribution is 2.16. The molecule has 1 N–H and O–H groups in total. The molecular weight excluding hydrogens is 172 g/mol. The molecule has 0 spiro atoms. The van der Waals surface area contributed by atoms with Gasteiger partial charge in [-0.15, -0.1) is 0 Å². The fourth-order valence-corrected chi connectivity index (χ4v) is 1.33. The van der Waals surface area contributed by atoms with Crippen molar-refractivity contribution in [3.8, 4) is 0 Å². The average Bonchev–Trinajstić information content (AvgIpc) is 2.15. The van der Waals surface area contributed by atoms with E-state index >= 15 is 0 Å². The van der Waals surface area contributed by atoms with E-state index in [1.54, 1.807) is 6.92 Å². The van der Waals surface area contributed by atoms with E-state index in [-0.39, 0.29) is 6.29 Å². The van der Waals surface area contributed by atoms with Gasteiger partial charge >= 0.3 is 5.97 Å². The van der Waals surface area contributed by atoms with E-state index in [0.29, 0.717) is 13.0 Å². The van der Waals surface area contributed by atoms with Gasteiger partial charge in [0.1, 0.15) is 0 Å². The average molecular weight is 188 g/mol. The SMILES string of the molecule is CCC(OC1CCCCO1)C(=O)O. The minimum atomic E-state index is -0.906. The van der Waals surface area contributed by atoms with Crippen molar-refractivity contribution in [2.24, 2.45) is 0 Å². The molecule has 1 fully saturated rings. The van der Waals surface area contributed by atoms with E-state index in [2.05, 4.69) is 0 Å². The van der Waals surface area contributed by atoms with Crippen molar-refractivity contribution in [1.29, 1.82) is 0 Å². The van der Waals surface area contributed by atoms with E-state index in [1.807, 2.05) is 0 Å². The lowest BCUT2D eigenvalue weighted by molar-refractivity contribution is -0.200. The molecule has 1 aliphatic rings. The summed E-state index contributed by atoms with van der Waals surface area (Å²) in [4.78, 5) is 10.6. The van der Waals surface area contributed by atoms with Crippen LogP contribution in [0.3, 0.4) is 0 Å². The maximum absolute atomic E-state index is 10.6. The standard InChI is InChI=1S/C9H16O4/c1-2-7(9(10)11)13-8-5-3-4-6-12-8/h7-8H,2-6H2,1H3,(H,10,11). The topological polar surface area (TPSA) is 55.8 Å². The van der Waals surface area contributed by atoms with Crippen molar-refractivity contribution in [3.63, 3.8) is 0 Å². The fraction of sp³-hybridized carbons (Fsp3) is 0.889. The van der Waals surface area contributed by atoms with Gasteiger partial charge in [-0.1, -0.05) is 6.92 Å². The summed E-state index contributed by atoms with van der Waals surface area (Å²) in [7, 11) is 0. The van der Waals surface area contributed by atoms with Crippen LogP contribution in [0.4, 0.5) is 0 Å². The molecule has 0 saturated carbocycles. The zero-order valence-corrected chi connectivity index (χ0v) is 7.86. The molecule has 2 unspecified atom stereocenters. The first-order valence-electron chi connectivity index (χ1n) is 4.74. The molecule has 4 nitrogen and oxygen atoms in total. The summed E-state index contributed by atoms with van der Waals surface area (Å²) >= 11 is 0. The van der Waals surface area contributed by atoms with Crippen LogP contribution in [0.1, 0.15) is 32.6 Å². The van der Waals surface area contributed by atoms with Gasteiger partial charge in [0.2, 0.25) is 0 Å². The molecule has 0 aromatic carbocycles. The van der Waals surface area contributed by atoms with Crippen molar-refractivity contribution in [1.82, 2.24) is 0 Å². The first kappa shape index (κ1) is 10.5. The second kappa shape index (κ2) is 5.19. The monoisotopic (exact) mass is 188 g/mol. The van der Waals surface area contributed by atoms with Crippen molar-refractivity contribution >= 4 is 5.97 Å². The Hall–Kier alpha value is -0.610. The summed E-state index contributed by atoms with van der Waals surface area (Å²) < 4.78 is 10.6. The second-order valence-corrected chi connectivity index (χ2v) is 3.17. The Kier molecular flexibility index (Phi) is 4.18. The van der Waals surface area contributed by atoms with E-state index in [4.69, 9.17) is 14.6 Å². The van der Waals surface area contributed by atoms with E-state index < -0.39 is 12.1 Å². The van der Waals surface area contributed by atoms with Gasteiger partial charge in [-0.2, -0.15) is 0 Å². The molecule has 1 saturated heterocycles. The Morgan fingerprint density at radius 2 is 2.46 bits per heavy atom. The number of rotatable bonds is 4. The highest BCUT2D eigenvalue weighted by atomic mass is 16.7. The van der Waals surface area contributed by atoms with Crippen molar-refractivity contribution in [2.75, 3.05) is 6.61 Å². The maximum atomic E-state index is 10.6. The Bertz CT molecular complexity index is 163. The third-order valence-corrected chi connectivity index (χ3v) is 2.10. The lowest BCUT2D eigenvalue weighted by Gasteiger charge is -2.25. The largest absolute Gasteiger partial charge is 0.479 e. The predicted octanol–water partition coefficient (Wildman–Crippen LogP) is 1.39. The van der Waals surface area contributed by atoms with Gasteiger partial charge in [0, 0.05) is 6.61 Å². The third kappa shape index (κ3) is 3.32. The summed E-state index contributed by atoms with van der Waals surface area (Å²) in [6.07, 6.45) is 2.36. The van der Waals surface area contributed by atoms with Gasteiger partial charge in [-0.25, -0.2) is 4.79 Å². The smallest absolute Gasteiger partial charge is 0.332 e. The van der Waals surface area contributed by atoms with Crippen LogP contribution in [0.15, 0.2) is 0 Å². The summed E-state index contributed by atoms with van der Waals surface area (Å²) in [5, 5.41) is 8.72. The Balaban J connectivity index is 2.31. The Morgan fingerprint density at radius 3 is 2.92 bits per heavy atom. The highest BCUT2D eigenvalue weighted by Gasteiger charge is 2.22. The van der Waals surface area contributed by atoms with Crippen LogP contribution in [0.25, 0.3) is 0 Å². The van der Waals surface area contributed by atoms with Crippen LogP contribution in [-0.2, 0) is 14.3 Å². The van der Waals surface area contributed by atoms with E-state index in [1.165, 1.54) is 0 Å². The molecule has 0 aliphatic carbocycles. The molecule has 76 valence electrons. The van der Waals surface area contributed by atoms with Gasteiger partial charge in [0.15, 0.2) is 12.4 Å². The molecule has 0 aromatic rings. The number of aliphatic carboxylic acids is 1. The van der Waals surface area contributed by atoms with Crippen LogP contribution in [0.2, 0.25) is 0 Å². The molecule has 0 bridgehead atoms. The van der Waals surface area contributed by atoms with Crippen molar-refractivity contribution in [2.45, 2.75) is 45.0 Å². The summed E-state index contributed by atoms with van der Waals surface area (Å²) in [6.45, 7) is 2.47. The quantitative estimate of drug-likeness (QED) is 0.724. The Morgan fingerprint density at radius 1 is 1.69 bits per heavy atom. The molecule has 0 aromatic heterocycles. The lowest BCUT2D eigenvalue weighted by Crippen LogP contribution is -2.32. The molecule has 0 radical (unpaired) electrons. The minimum Gasteiger partial charge on any atom is -0.479 e. The third-order valence-electron chi connectivity index (χ3n) is 2.10. The zero-order chi connectivity index (χ0) is 9.68. The fourth-order valence-electron chi connectivity index (χ4n) is 1.33. The molecule has 13 heavy (non-hydrogen) atoms. The van der Waals surface area contributed by atoms with Crippen LogP contribution in [-0.4, -0.2) is 30.1 Å². The van der Waals surface area contributed by atoms with Gasteiger partial charge in [-0.05, 0) is 25.7 Å². The molecule has 2 atom stereocenters. The lowest BCUT2D eigenvalue weighted by atomic mass is 10.2. The van der Waals surface area contributed by atoms with Gasteiger partial charge in [-0.3, -0.25) is 0 Å². The molecular formula is C9H16O4. The van der Waals surface area contributed by atoms with Crippen LogP contribution >= 0.6 is 0 Å². The number of carboxylic acid groups (broad SMARTS) is 1. The number of carboxylic acids is 1. The summed E-state index contributed by atoms with van der Waals surface area (Å²) in [5.41, 5.74) is 0. The number of ether oxygens (including phenoxy) is 2. The molecule has 1 rings (SSSR count). The molecule has 0 amide bonds. The Labute approximate surface area is 77.8 Å². The van der Waals surface area contributed by atoms with Crippen LogP contribution in [0.5, 0.6) is 0 Å². The number of carbonyl (C=O) groups is 1. The normalized spacial score (nSPS) is 25.5. The second-order valence-electron chi connectivity index (χ2n) is 3.17. The van der Waals surface area contributed by atoms with Gasteiger partial charge < -0.3 is 14.6 Å². The van der Waals surface area contributed by atoms with Crippen molar-refractivity contribution in [3.05, 3.63) is 0 Å². The highest BCUT2D eigenvalue weighted by molar-refractivity contribution is 5.72.